The molecule has 0 saturated carbocycles. The molecular weight excluding hydrogens is 362 g/mol. The van der Waals surface area contributed by atoms with Gasteiger partial charge in [0.05, 0.1) is 24.5 Å². The summed E-state index contributed by atoms with van der Waals surface area (Å²) in [6, 6.07) is 5.43. The molecule has 2 rings (SSSR count). The molecular formula is C17H19NO5S2. The average Bonchev–Trinajstić information content (AvgIpc) is 2.82. The van der Waals surface area contributed by atoms with E-state index in [1.807, 2.05) is 19.9 Å². The van der Waals surface area contributed by atoms with Crippen LogP contribution in [0.5, 0.6) is 11.5 Å². The Bertz CT molecular complexity index is 717. The normalized spacial score (nSPS) is 15.8. The van der Waals surface area contributed by atoms with Gasteiger partial charge in [-0.2, -0.15) is 0 Å². The Balaban J connectivity index is 2.22. The van der Waals surface area contributed by atoms with Gasteiger partial charge in [-0.25, -0.2) is 0 Å². The van der Waals surface area contributed by atoms with Gasteiger partial charge in [0, 0.05) is 6.54 Å². The SMILES string of the molecule is CCOc1ccc(C=C2SC(=S)N(CCC(=O)O)C2=O)cc1OCC. The van der Waals surface area contributed by atoms with E-state index < -0.39 is 5.97 Å². The van der Waals surface area contributed by atoms with E-state index >= 15 is 0 Å². The Morgan fingerprint density at radius 2 is 1.96 bits per heavy atom. The van der Waals surface area contributed by atoms with Crippen LogP contribution in [0.1, 0.15) is 25.8 Å². The Kier molecular flexibility index (Phi) is 6.83. The van der Waals surface area contributed by atoms with Crippen LogP contribution >= 0.6 is 24.0 Å². The van der Waals surface area contributed by atoms with Crippen molar-refractivity contribution in [1.29, 1.82) is 0 Å². The number of hydrogen-bond acceptors (Lipinski definition) is 6. The maximum atomic E-state index is 12.4. The maximum Gasteiger partial charge on any atom is 0.305 e. The fraction of sp³-hybridized carbons (Fsp3) is 0.353. The molecule has 0 spiro atoms. The number of amides is 1. The third kappa shape index (κ3) is 4.96. The molecule has 0 aromatic heterocycles. The topological polar surface area (TPSA) is 76.1 Å². The zero-order chi connectivity index (χ0) is 18.4. The van der Waals surface area contributed by atoms with Crippen LogP contribution in [0.4, 0.5) is 0 Å². The van der Waals surface area contributed by atoms with E-state index in [1.165, 1.54) is 16.7 Å². The molecule has 1 saturated heterocycles. The van der Waals surface area contributed by atoms with Gasteiger partial charge in [-0.3, -0.25) is 14.5 Å². The number of benzene rings is 1. The van der Waals surface area contributed by atoms with Gasteiger partial charge in [-0.05, 0) is 37.6 Å². The smallest absolute Gasteiger partial charge is 0.305 e. The lowest BCUT2D eigenvalue weighted by molar-refractivity contribution is -0.137. The molecule has 8 heteroatoms. The number of carbonyl (C=O) groups excluding carboxylic acids is 1. The predicted molar refractivity (Wildman–Crippen MR) is 101 cm³/mol. The Morgan fingerprint density at radius 1 is 1.28 bits per heavy atom. The standard InChI is InChI=1S/C17H19NO5S2/c1-3-22-12-6-5-11(9-13(12)23-4-2)10-14-16(21)18(17(24)25-14)8-7-15(19)20/h5-6,9-10H,3-4,7-8H2,1-2H3,(H,19,20). The molecule has 6 nitrogen and oxygen atoms in total. The summed E-state index contributed by atoms with van der Waals surface area (Å²) in [6.45, 7) is 4.88. The molecule has 0 atom stereocenters. The van der Waals surface area contributed by atoms with Crippen molar-refractivity contribution in [3.8, 4) is 11.5 Å². The first-order valence-electron chi connectivity index (χ1n) is 7.83. The van der Waals surface area contributed by atoms with Crippen LogP contribution < -0.4 is 9.47 Å². The first-order valence-corrected chi connectivity index (χ1v) is 9.05. The monoisotopic (exact) mass is 381 g/mol. The largest absolute Gasteiger partial charge is 0.490 e. The molecule has 25 heavy (non-hydrogen) atoms. The van der Waals surface area contributed by atoms with E-state index in [0.29, 0.717) is 33.9 Å². The first kappa shape index (κ1) is 19.3. The number of carbonyl (C=O) groups is 2. The van der Waals surface area contributed by atoms with Crippen LogP contribution in [0.2, 0.25) is 0 Å². The van der Waals surface area contributed by atoms with E-state index in [1.54, 1.807) is 18.2 Å². The van der Waals surface area contributed by atoms with Gasteiger partial charge in [0.1, 0.15) is 4.32 Å². The number of carboxylic acids is 1. The summed E-state index contributed by atoms with van der Waals surface area (Å²) in [4.78, 5) is 24.9. The minimum absolute atomic E-state index is 0.0742. The number of hydrogen-bond donors (Lipinski definition) is 1. The summed E-state index contributed by atoms with van der Waals surface area (Å²) in [5.41, 5.74) is 0.783. The second-order valence-electron chi connectivity index (χ2n) is 5.05. The molecule has 1 aromatic carbocycles. The van der Waals surface area contributed by atoms with Crippen molar-refractivity contribution in [2.45, 2.75) is 20.3 Å². The van der Waals surface area contributed by atoms with Crippen molar-refractivity contribution >= 4 is 46.3 Å². The number of thiocarbonyl (C=S) groups is 1. The van der Waals surface area contributed by atoms with E-state index in [-0.39, 0.29) is 18.9 Å². The molecule has 1 aliphatic heterocycles. The molecule has 1 fully saturated rings. The highest BCUT2D eigenvalue weighted by molar-refractivity contribution is 8.26. The number of carboxylic acid groups (broad SMARTS) is 1. The average molecular weight is 381 g/mol. The highest BCUT2D eigenvalue weighted by Crippen LogP contribution is 2.34. The van der Waals surface area contributed by atoms with Crippen molar-refractivity contribution in [2.24, 2.45) is 0 Å². The van der Waals surface area contributed by atoms with Gasteiger partial charge in [-0.1, -0.05) is 30.0 Å². The van der Waals surface area contributed by atoms with Crippen LogP contribution in [0.15, 0.2) is 23.1 Å². The van der Waals surface area contributed by atoms with Crippen molar-refractivity contribution in [1.82, 2.24) is 4.90 Å². The Morgan fingerprint density at radius 3 is 2.60 bits per heavy atom. The highest BCUT2D eigenvalue weighted by Gasteiger charge is 2.32. The number of ether oxygens (including phenoxy) is 2. The number of aliphatic carboxylic acids is 1. The van der Waals surface area contributed by atoms with Gasteiger partial charge in [0.25, 0.3) is 5.91 Å². The zero-order valence-corrected chi connectivity index (χ0v) is 15.6. The lowest BCUT2D eigenvalue weighted by Gasteiger charge is -2.12. The number of rotatable bonds is 8. The molecule has 0 aliphatic carbocycles. The lowest BCUT2D eigenvalue weighted by Crippen LogP contribution is -2.30. The number of nitrogens with zero attached hydrogens (tertiary/aromatic N) is 1. The van der Waals surface area contributed by atoms with Crippen molar-refractivity contribution in [3.63, 3.8) is 0 Å². The minimum atomic E-state index is -0.967. The van der Waals surface area contributed by atoms with Gasteiger partial charge < -0.3 is 14.6 Å². The van der Waals surface area contributed by atoms with Crippen LogP contribution in [0.3, 0.4) is 0 Å². The summed E-state index contributed by atoms with van der Waals surface area (Å²) >= 11 is 6.34. The van der Waals surface area contributed by atoms with Gasteiger partial charge in [0.2, 0.25) is 0 Å². The lowest BCUT2D eigenvalue weighted by atomic mass is 10.2. The quantitative estimate of drug-likeness (QED) is 0.547. The van der Waals surface area contributed by atoms with E-state index in [4.69, 9.17) is 26.8 Å². The fourth-order valence-corrected chi connectivity index (χ4v) is 3.52. The zero-order valence-electron chi connectivity index (χ0n) is 14.0. The van der Waals surface area contributed by atoms with Crippen molar-refractivity contribution in [3.05, 3.63) is 28.7 Å². The Labute approximate surface area is 155 Å². The van der Waals surface area contributed by atoms with Crippen LogP contribution in [0.25, 0.3) is 6.08 Å². The Hall–Kier alpha value is -2.06. The van der Waals surface area contributed by atoms with Gasteiger partial charge in [0.15, 0.2) is 11.5 Å². The van der Waals surface area contributed by atoms with E-state index in [0.717, 1.165) is 5.56 Å². The van der Waals surface area contributed by atoms with E-state index in [2.05, 4.69) is 0 Å². The molecule has 0 unspecified atom stereocenters. The van der Waals surface area contributed by atoms with Crippen LogP contribution in [-0.2, 0) is 9.59 Å². The fourth-order valence-electron chi connectivity index (χ4n) is 2.21. The van der Waals surface area contributed by atoms with Crippen LogP contribution in [0, 0.1) is 0 Å². The summed E-state index contributed by atoms with van der Waals surface area (Å²) < 4.78 is 11.5. The summed E-state index contributed by atoms with van der Waals surface area (Å²) in [5, 5.41) is 8.77. The minimum Gasteiger partial charge on any atom is -0.490 e. The molecule has 1 aromatic rings. The van der Waals surface area contributed by atoms with E-state index in [9.17, 15) is 9.59 Å². The van der Waals surface area contributed by atoms with Crippen molar-refractivity contribution < 1.29 is 24.2 Å². The molecule has 1 N–H and O–H groups in total. The summed E-state index contributed by atoms with van der Waals surface area (Å²) in [7, 11) is 0. The predicted octanol–water partition coefficient (Wildman–Crippen LogP) is 3.16. The second-order valence-corrected chi connectivity index (χ2v) is 6.73. The second kappa shape index (κ2) is 8.87. The van der Waals surface area contributed by atoms with Crippen molar-refractivity contribution in [2.75, 3.05) is 19.8 Å². The molecule has 0 radical (unpaired) electrons. The number of thioether (sulfide) groups is 1. The molecule has 134 valence electrons. The van der Waals surface area contributed by atoms with Crippen LogP contribution in [-0.4, -0.2) is 46.0 Å². The maximum absolute atomic E-state index is 12.4. The third-order valence-electron chi connectivity index (χ3n) is 3.29. The highest BCUT2D eigenvalue weighted by atomic mass is 32.2. The third-order valence-corrected chi connectivity index (χ3v) is 4.67. The molecule has 0 bridgehead atoms. The van der Waals surface area contributed by atoms with Gasteiger partial charge in [-0.15, -0.1) is 0 Å². The van der Waals surface area contributed by atoms with Gasteiger partial charge >= 0.3 is 5.97 Å². The first-order chi connectivity index (χ1) is 12.0. The molecule has 1 heterocycles. The molecule has 1 aliphatic rings. The summed E-state index contributed by atoms with van der Waals surface area (Å²) in [5.74, 6) is 0.0176. The molecule has 1 amide bonds. The summed E-state index contributed by atoms with van der Waals surface area (Å²) in [6.07, 6.45) is 1.58.